The van der Waals surface area contributed by atoms with Gasteiger partial charge in [0.15, 0.2) is 0 Å². The first-order valence-electron chi connectivity index (χ1n) is 9.05. The van der Waals surface area contributed by atoms with Gasteiger partial charge < -0.3 is 9.47 Å². The Hall–Kier alpha value is -3.24. The molecular formula is C20H21N3O6S. The van der Waals surface area contributed by atoms with Crippen molar-refractivity contribution < 1.29 is 26.9 Å². The van der Waals surface area contributed by atoms with Gasteiger partial charge in [-0.3, -0.25) is 4.18 Å². The lowest BCUT2D eigenvalue weighted by atomic mass is 10.2. The molecule has 0 N–H and O–H groups in total. The highest BCUT2D eigenvalue weighted by Gasteiger charge is 2.18. The Bertz CT molecular complexity index is 1040. The fourth-order valence-corrected chi connectivity index (χ4v) is 3.19. The molecule has 10 heteroatoms. The molecule has 0 saturated heterocycles. The van der Waals surface area contributed by atoms with E-state index in [4.69, 9.17) is 13.7 Å². The molecule has 2 aromatic carbocycles. The Labute approximate surface area is 174 Å². The lowest BCUT2D eigenvalue weighted by Gasteiger charge is -2.17. The second-order valence-electron chi connectivity index (χ2n) is 6.44. The number of carbonyl (C=O) groups is 1. The van der Waals surface area contributed by atoms with Gasteiger partial charge in [0.1, 0.15) is 25.1 Å². The summed E-state index contributed by atoms with van der Waals surface area (Å²) < 4.78 is 40.4. The van der Waals surface area contributed by atoms with Crippen LogP contribution in [0.25, 0.3) is 0 Å². The van der Waals surface area contributed by atoms with Crippen molar-refractivity contribution in [3.63, 3.8) is 0 Å². The van der Waals surface area contributed by atoms with E-state index < -0.39 is 22.2 Å². The quantitative estimate of drug-likeness (QED) is 0.354. The Morgan fingerprint density at radius 3 is 2.47 bits per heavy atom. The molecular weight excluding hydrogens is 410 g/mol. The summed E-state index contributed by atoms with van der Waals surface area (Å²) in [4.78, 5) is 12.2. The number of esters is 1. The predicted molar refractivity (Wildman–Crippen MR) is 107 cm³/mol. The third-order valence-electron chi connectivity index (χ3n) is 3.91. The predicted octanol–water partition coefficient (Wildman–Crippen LogP) is 2.06. The van der Waals surface area contributed by atoms with Gasteiger partial charge in [0.25, 0.3) is 10.1 Å². The number of benzene rings is 2. The summed E-state index contributed by atoms with van der Waals surface area (Å²) in [5, 5.41) is 7.47. The number of hydrogen-bond acceptors (Lipinski definition) is 8. The molecule has 0 aliphatic heterocycles. The fourth-order valence-electron chi connectivity index (χ4n) is 2.58. The zero-order chi connectivity index (χ0) is 21.4. The van der Waals surface area contributed by atoms with E-state index in [2.05, 4.69) is 10.3 Å². The average Bonchev–Trinajstić information content (AvgIpc) is 3.23. The summed E-state index contributed by atoms with van der Waals surface area (Å²) in [5.74, 6) is 0.00479. The molecule has 1 aromatic heterocycles. The van der Waals surface area contributed by atoms with Crippen LogP contribution in [-0.2, 0) is 32.2 Å². The molecule has 0 fully saturated rings. The van der Waals surface area contributed by atoms with Crippen LogP contribution in [0.15, 0.2) is 67.0 Å². The smallest absolute Gasteiger partial charge is 0.338 e. The first kappa shape index (κ1) is 21.5. The SMILES string of the molecule is CS(=O)(=O)OC(COc1ccc(C(=O)OCc2ccccc2)cc1)Cn1ccnn1. The third kappa shape index (κ3) is 6.98. The van der Waals surface area contributed by atoms with E-state index in [1.54, 1.807) is 30.5 Å². The Morgan fingerprint density at radius 2 is 1.83 bits per heavy atom. The van der Waals surface area contributed by atoms with Gasteiger partial charge in [0.05, 0.1) is 24.6 Å². The minimum Gasteiger partial charge on any atom is -0.491 e. The van der Waals surface area contributed by atoms with Crippen LogP contribution >= 0.6 is 0 Å². The number of aromatic nitrogens is 3. The zero-order valence-corrected chi connectivity index (χ0v) is 17.1. The second-order valence-corrected chi connectivity index (χ2v) is 8.05. The topological polar surface area (TPSA) is 110 Å². The first-order valence-corrected chi connectivity index (χ1v) is 10.9. The Kier molecular flexibility index (Phi) is 7.15. The van der Waals surface area contributed by atoms with E-state index in [0.717, 1.165) is 11.8 Å². The maximum absolute atomic E-state index is 12.2. The number of rotatable bonds is 10. The molecule has 0 aliphatic rings. The molecule has 30 heavy (non-hydrogen) atoms. The molecule has 3 aromatic rings. The van der Waals surface area contributed by atoms with Crippen molar-refractivity contribution in [1.29, 1.82) is 0 Å². The van der Waals surface area contributed by atoms with Crippen LogP contribution in [0.2, 0.25) is 0 Å². The van der Waals surface area contributed by atoms with Gasteiger partial charge >= 0.3 is 5.97 Å². The van der Waals surface area contributed by atoms with Crippen LogP contribution in [0.4, 0.5) is 0 Å². The van der Waals surface area contributed by atoms with Gasteiger partial charge in [-0.05, 0) is 29.8 Å². The van der Waals surface area contributed by atoms with Crippen molar-refractivity contribution in [1.82, 2.24) is 15.0 Å². The summed E-state index contributed by atoms with van der Waals surface area (Å²) >= 11 is 0. The van der Waals surface area contributed by atoms with Crippen LogP contribution < -0.4 is 4.74 Å². The zero-order valence-electron chi connectivity index (χ0n) is 16.2. The molecule has 1 heterocycles. The summed E-state index contributed by atoms with van der Waals surface area (Å²) in [6, 6.07) is 15.7. The minimum absolute atomic E-state index is 0.0370. The summed E-state index contributed by atoms with van der Waals surface area (Å²) in [6.45, 7) is 0.298. The molecule has 0 radical (unpaired) electrons. The maximum atomic E-state index is 12.2. The van der Waals surface area contributed by atoms with E-state index in [-0.39, 0.29) is 19.8 Å². The number of hydrogen-bond donors (Lipinski definition) is 0. The average molecular weight is 431 g/mol. The monoisotopic (exact) mass is 431 g/mol. The highest BCUT2D eigenvalue weighted by molar-refractivity contribution is 7.86. The van der Waals surface area contributed by atoms with E-state index in [0.29, 0.717) is 11.3 Å². The summed E-state index contributed by atoms with van der Waals surface area (Å²) in [5.41, 5.74) is 1.28. The number of carbonyl (C=O) groups excluding carboxylic acids is 1. The normalized spacial score (nSPS) is 12.3. The number of nitrogens with zero attached hydrogens (tertiary/aromatic N) is 3. The van der Waals surface area contributed by atoms with Gasteiger partial charge in [0.2, 0.25) is 0 Å². The van der Waals surface area contributed by atoms with Crippen LogP contribution in [0.5, 0.6) is 5.75 Å². The van der Waals surface area contributed by atoms with Gasteiger partial charge in [-0.2, -0.15) is 8.42 Å². The molecule has 0 spiro atoms. The number of ether oxygens (including phenoxy) is 2. The van der Waals surface area contributed by atoms with Crippen molar-refractivity contribution >= 4 is 16.1 Å². The molecule has 1 unspecified atom stereocenters. The van der Waals surface area contributed by atoms with Crippen molar-refractivity contribution in [3.05, 3.63) is 78.1 Å². The van der Waals surface area contributed by atoms with Crippen LogP contribution in [0, 0.1) is 0 Å². The molecule has 1 atom stereocenters. The van der Waals surface area contributed by atoms with Crippen molar-refractivity contribution in [2.45, 2.75) is 19.3 Å². The van der Waals surface area contributed by atoms with Crippen molar-refractivity contribution in [2.24, 2.45) is 0 Å². The van der Waals surface area contributed by atoms with Crippen molar-refractivity contribution in [2.75, 3.05) is 12.9 Å². The van der Waals surface area contributed by atoms with E-state index in [9.17, 15) is 13.2 Å². The molecule has 0 bridgehead atoms. The van der Waals surface area contributed by atoms with E-state index in [1.807, 2.05) is 30.3 Å². The molecule has 0 aliphatic carbocycles. The molecule has 3 rings (SSSR count). The molecule has 0 saturated carbocycles. The highest BCUT2D eigenvalue weighted by atomic mass is 32.2. The molecule has 0 amide bonds. The van der Waals surface area contributed by atoms with Gasteiger partial charge in [-0.25, -0.2) is 9.48 Å². The van der Waals surface area contributed by atoms with Crippen LogP contribution in [0.3, 0.4) is 0 Å². The summed E-state index contributed by atoms with van der Waals surface area (Å²) in [6.07, 6.45) is 3.25. The maximum Gasteiger partial charge on any atom is 0.338 e. The molecule has 9 nitrogen and oxygen atoms in total. The lowest BCUT2D eigenvalue weighted by Crippen LogP contribution is -2.29. The van der Waals surface area contributed by atoms with Crippen LogP contribution in [-0.4, -0.2) is 48.3 Å². The largest absolute Gasteiger partial charge is 0.491 e. The summed E-state index contributed by atoms with van der Waals surface area (Å²) in [7, 11) is -3.68. The second kappa shape index (κ2) is 9.99. The fraction of sp³-hybridized carbons (Fsp3) is 0.250. The third-order valence-corrected chi connectivity index (χ3v) is 4.53. The van der Waals surface area contributed by atoms with Gasteiger partial charge in [0, 0.05) is 6.20 Å². The Balaban J connectivity index is 1.54. The van der Waals surface area contributed by atoms with Gasteiger partial charge in [-0.15, -0.1) is 5.10 Å². The van der Waals surface area contributed by atoms with Gasteiger partial charge in [-0.1, -0.05) is 35.5 Å². The van der Waals surface area contributed by atoms with E-state index >= 15 is 0 Å². The molecule has 158 valence electrons. The standard InChI is InChI=1S/C20H21N3O6S/c1-30(25,26)29-19(13-23-12-11-21-22-23)15-27-18-9-7-17(8-10-18)20(24)28-14-16-5-3-2-4-6-16/h2-12,19H,13-15H2,1H3. The first-order chi connectivity index (χ1) is 14.4. The van der Waals surface area contributed by atoms with Crippen LogP contribution in [0.1, 0.15) is 15.9 Å². The van der Waals surface area contributed by atoms with E-state index in [1.165, 1.54) is 10.9 Å². The Morgan fingerprint density at radius 1 is 1.10 bits per heavy atom. The lowest BCUT2D eigenvalue weighted by molar-refractivity contribution is 0.0472. The minimum atomic E-state index is -3.68. The highest BCUT2D eigenvalue weighted by Crippen LogP contribution is 2.15. The van der Waals surface area contributed by atoms with Crippen molar-refractivity contribution in [3.8, 4) is 5.75 Å².